The van der Waals surface area contributed by atoms with Crippen molar-refractivity contribution in [1.82, 2.24) is 9.80 Å². The number of hydrogen-bond acceptors (Lipinski definition) is 14. The third-order valence-electron chi connectivity index (χ3n) is 13.3. The van der Waals surface area contributed by atoms with Crippen molar-refractivity contribution in [3.05, 3.63) is 0 Å². The van der Waals surface area contributed by atoms with Gasteiger partial charge in [-0.15, -0.1) is 0 Å². The maximum atomic E-state index is 14.3. The Morgan fingerprint density at radius 3 is 2.21 bits per heavy atom. The number of aliphatic carboxylic acids is 1. The Labute approximate surface area is 342 Å². The molecule has 15 heteroatoms. The van der Waals surface area contributed by atoms with Crippen LogP contribution in [-0.4, -0.2) is 172 Å². The Morgan fingerprint density at radius 1 is 1.04 bits per heavy atom. The van der Waals surface area contributed by atoms with Crippen molar-refractivity contribution < 1.29 is 63.9 Å². The fourth-order valence-electron chi connectivity index (χ4n) is 8.82. The van der Waals surface area contributed by atoms with Crippen LogP contribution in [0.5, 0.6) is 0 Å². The van der Waals surface area contributed by atoms with Gasteiger partial charge in [-0.1, -0.05) is 41.0 Å². The molecule has 0 spiro atoms. The number of unbranched alkanes of at least 4 members (excludes halogenated alkanes) is 1. The van der Waals surface area contributed by atoms with E-state index in [9.17, 15) is 35.1 Å². The lowest BCUT2D eigenvalue weighted by atomic mass is 9.71. The molecular formula is C42H80N2O13. The van der Waals surface area contributed by atoms with E-state index < -0.39 is 103 Å². The zero-order valence-electron chi connectivity index (χ0n) is 37.2. The monoisotopic (exact) mass is 821 g/mol. The number of methoxy groups -OCH3 is 1. The fourth-order valence-corrected chi connectivity index (χ4v) is 8.82. The fraction of sp³-hybridized carbons (Fsp3) is 0.952. The molecule has 0 aliphatic carbocycles. The van der Waals surface area contributed by atoms with E-state index in [1.807, 2.05) is 44.7 Å². The third-order valence-corrected chi connectivity index (χ3v) is 13.3. The number of ether oxygens (including phenoxy) is 5. The summed E-state index contributed by atoms with van der Waals surface area (Å²) >= 11 is 0. The molecule has 0 aromatic carbocycles. The summed E-state index contributed by atoms with van der Waals surface area (Å²) in [6, 6.07) is -0.804. The van der Waals surface area contributed by atoms with Crippen LogP contribution >= 0.6 is 0 Å². The van der Waals surface area contributed by atoms with Crippen LogP contribution in [0, 0.1) is 23.7 Å². The highest BCUT2D eigenvalue weighted by Gasteiger charge is 2.52. The van der Waals surface area contributed by atoms with E-state index in [2.05, 4.69) is 13.8 Å². The lowest BCUT2D eigenvalue weighted by Gasteiger charge is -2.49. The van der Waals surface area contributed by atoms with Gasteiger partial charge >= 0.3 is 11.9 Å². The molecular weight excluding hydrogens is 740 g/mol. The second kappa shape index (κ2) is 22.9. The number of nitrogens with zero attached hydrogens (tertiary/aromatic N) is 2. The van der Waals surface area contributed by atoms with Crippen molar-refractivity contribution in [2.75, 3.05) is 40.9 Å². The topological polar surface area (TPSA) is 208 Å². The molecule has 0 aromatic heterocycles. The van der Waals surface area contributed by atoms with Gasteiger partial charge in [0.05, 0.1) is 42.5 Å². The predicted octanol–water partition coefficient (Wildman–Crippen LogP) is 3.05. The van der Waals surface area contributed by atoms with Crippen LogP contribution in [0.1, 0.15) is 114 Å². The number of carbonyl (C=O) groups excluding carboxylic acids is 1. The Hall–Kier alpha value is -1.50. The normalized spacial score (nSPS) is 32.5. The first-order valence-electron chi connectivity index (χ1n) is 21.2. The van der Waals surface area contributed by atoms with Gasteiger partial charge in [0.25, 0.3) is 0 Å². The molecule has 2 aliphatic heterocycles. The van der Waals surface area contributed by atoms with Crippen LogP contribution in [0.3, 0.4) is 0 Å². The smallest absolute Gasteiger partial charge is 0.309 e. The van der Waals surface area contributed by atoms with Crippen LogP contribution in [0.25, 0.3) is 0 Å². The summed E-state index contributed by atoms with van der Waals surface area (Å²) in [6.45, 7) is 19.0. The van der Waals surface area contributed by atoms with Gasteiger partial charge in [-0.25, -0.2) is 0 Å². The molecule has 0 radical (unpaired) electrons. The van der Waals surface area contributed by atoms with E-state index in [0.29, 0.717) is 31.7 Å². The van der Waals surface area contributed by atoms with Crippen LogP contribution in [0.2, 0.25) is 0 Å². The average molecular weight is 821 g/mol. The van der Waals surface area contributed by atoms with E-state index in [-0.39, 0.29) is 31.4 Å². The van der Waals surface area contributed by atoms with Crippen molar-refractivity contribution in [1.29, 1.82) is 0 Å². The molecule has 17 atom stereocenters. The van der Waals surface area contributed by atoms with E-state index in [1.165, 1.54) is 14.0 Å². The summed E-state index contributed by atoms with van der Waals surface area (Å²) in [5.74, 6) is -3.33. The molecule has 336 valence electrons. The molecule has 0 amide bonds. The molecule has 15 nitrogen and oxygen atoms in total. The maximum absolute atomic E-state index is 14.3. The van der Waals surface area contributed by atoms with Gasteiger partial charge in [0, 0.05) is 44.5 Å². The van der Waals surface area contributed by atoms with Crippen molar-refractivity contribution in [2.24, 2.45) is 23.7 Å². The zero-order valence-corrected chi connectivity index (χ0v) is 37.2. The minimum absolute atomic E-state index is 0.0666. The zero-order chi connectivity index (χ0) is 43.6. The Bertz CT molecular complexity index is 1210. The molecule has 2 rings (SSSR count). The molecule has 0 saturated carbocycles. The van der Waals surface area contributed by atoms with Crippen molar-refractivity contribution in [3.8, 4) is 0 Å². The number of carbonyl (C=O) groups is 2. The first kappa shape index (κ1) is 51.6. The van der Waals surface area contributed by atoms with E-state index in [0.717, 1.165) is 13.0 Å². The minimum Gasteiger partial charge on any atom is -0.481 e. The second-order valence-corrected chi connectivity index (χ2v) is 17.8. The van der Waals surface area contributed by atoms with Crippen LogP contribution in [-0.2, 0) is 33.3 Å². The highest BCUT2D eigenvalue weighted by molar-refractivity contribution is 5.73. The molecule has 2 fully saturated rings. The Kier molecular flexibility index (Phi) is 20.8. The lowest BCUT2D eigenvalue weighted by Crippen LogP contribution is -2.60. The molecule has 6 N–H and O–H groups in total. The molecule has 1 unspecified atom stereocenters. The van der Waals surface area contributed by atoms with Crippen LogP contribution < -0.4 is 0 Å². The second-order valence-electron chi connectivity index (χ2n) is 17.8. The van der Waals surface area contributed by atoms with Gasteiger partial charge in [-0.3, -0.25) is 9.59 Å². The summed E-state index contributed by atoms with van der Waals surface area (Å²) in [4.78, 5) is 29.3. The number of aliphatic hydroxyl groups excluding tert-OH is 4. The molecule has 0 aromatic rings. The molecule has 57 heavy (non-hydrogen) atoms. The SMILES string of the molecule is CC[C@@H](C)CN(C)[C@H](C)[C@@H](O)[C@](C)(O)[C@@H](CC)OC(=O)[C@H](C)[C@@H](C1C[C@@](C)(OC)[C@@H](O)[C@H](C)O1)[C@H](C)[C@H](CO)O[C@@H]1O[C@H](C)C[C@H](N(C)CCCCC(=O)O)[C@H]1O. The summed E-state index contributed by atoms with van der Waals surface area (Å²) in [6.07, 6.45) is -5.02. The number of likely N-dealkylation sites (N-methyl/N-ethyl adjacent to an activating group) is 2. The van der Waals surface area contributed by atoms with E-state index >= 15 is 0 Å². The number of carboxylic acids is 1. The first-order chi connectivity index (χ1) is 26.5. The predicted molar refractivity (Wildman–Crippen MR) is 215 cm³/mol. The van der Waals surface area contributed by atoms with E-state index in [1.54, 1.807) is 27.7 Å². The van der Waals surface area contributed by atoms with Gasteiger partial charge in [0.2, 0.25) is 0 Å². The number of carboxylic acid groups (broad SMARTS) is 1. The minimum atomic E-state index is -1.80. The summed E-state index contributed by atoms with van der Waals surface area (Å²) < 4.78 is 30.9. The largest absolute Gasteiger partial charge is 0.481 e. The summed E-state index contributed by atoms with van der Waals surface area (Å²) in [7, 11) is 5.28. The van der Waals surface area contributed by atoms with Crippen LogP contribution in [0.15, 0.2) is 0 Å². The van der Waals surface area contributed by atoms with E-state index in [4.69, 9.17) is 28.8 Å². The number of esters is 1. The van der Waals surface area contributed by atoms with Crippen molar-refractivity contribution >= 4 is 11.9 Å². The molecule has 2 saturated heterocycles. The van der Waals surface area contributed by atoms with Gasteiger partial charge in [-0.05, 0) is 92.8 Å². The first-order valence-corrected chi connectivity index (χ1v) is 21.2. The van der Waals surface area contributed by atoms with Gasteiger partial charge in [-0.2, -0.15) is 0 Å². The van der Waals surface area contributed by atoms with Gasteiger partial charge < -0.3 is 64.1 Å². The standard InChI is InChI=1S/C42H80N2O13/c1-14-24(3)22-44(12)28(7)37(49)42(10,52)33(15-2)57-39(51)27(6)35(31-21-41(9,53-13)38(50)29(8)55-31)26(5)32(23-45)56-40-36(48)30(20-25(4)54-40)43(11)19-17-16-18-34(46)47/h24-33,35-38,40,45,48-50,52H,14-23H2,1-13H3,(H,46,47)/t24-,25-,26-,27-,28-,29+,30+,31?,32+,33-,35+,36-,37-,38+,40+,41-,42-/m1/s1. The summed E-state index contributed by atoms with van der Waals surface area (Å²) in [5, 5.41) is 65.8. The quantitative estimate of drug-likeness (QED) is 0.0611. The third kappa shape index (κ3) is 13.5. The number of rotatable bonds is 24. The van der Waals surface area contributed by atoms with Crippen LogP contribution in [0.4, 0.5) is 0 Å². The summed E-state index contributed by atoms with van der Waals surface area (Å²) in [5.41, 5.74) is -2.83. The Balaban J connectivity index is 2.43. The van der Waals surface area contributed by atoms with Gasteiger partial charge in [0.1, 0.15) is 30.0 Å². The lowest BCUT2D eigenvalue weighted by molar-refractivity contribution is -0.284. The van der Waals surface area contributed by atoms with Crippen molar-refractivity contribution in [3.63, 3.8) is 0 Å². The number of hydrogen-bond donors (Lipinski definition) is 6. The van der Waals surface area contributed by atoms with Crippen molar-refractivity contribution in [2.45, 2.75) is 193 Å². The molecule has 2 aliphatic rings. The highest BCUT2D eigenvalue weighted by atomic mass is 16.7. The molecule has 0 bridgehead atoms. The molecule has 2 heterocycles. The number of aliphatic hydroxyl groups is 5. The average Bonchev–Trinajstić information content (AvgIpc) is 3.16. The highest BCUT2D eigenvalue weighted by Crippen LogP contribution is 2.42. The maximum Gasteiger partial charge on any atom is 0.309 e. The van der Waals surface area contributed by atoms with Gasteiger partial charge in [0.15, 0.2) is 6.29 Å². The Morgan fingerprint density at radius 2 is 1.67 bits per heavy atom.